The minimum absolute atomic E-state index is 0.0186. The Morgan fingerprint density at radius 2 is 1.98 bits per heavy atom. The van der Waals surface area contributed by atoms with Crippen molar-refractivity contribution >= 4 is 15.8 Å². The largest absolute Gasteiger partial charge is 0.366 e. The molecule has 46 heavy (non-hydrogen) atoms. The van der Waals surface area contributed by atoms with Crippen LogP contribution in [0.25, 0.3) is 0 Å². The van der Waals surface area contributed by atoms with Crippen LogP contribution in [0, 0.1) is 24.1 Å². The standard InChI is InChI=1S/C35H42FN5O4S/c1-6-14-40-22-31(38-39-40)23-45-34(35(4,5)33(42)16-26-8-7-13-37-19-26)28-10-9-25(3)29(17-28)21-41-20-24(2)15-27-11-12-30(36)18-32(27)46(41,43)44/h7-13,17-19,22,24,34H,6,14-16,20-21,23H2,1-5H3/t24-,34+/m0/s1. The maximum Gasteiger partial charge on any atom is 0.243 e. The van der Waals surface area contributed by atoms with Crippen LogP contribution in [0.2, 0.25) is 0 Å². The van der Waals surface area contributed by atoms with Gasteiger partial charge in [0.1, 0.15) is 17.3 Å². The molecular weight excluding hydrogens is 605 g/mol. The molecule has 0 aliphatic carbocycles. The Kier molecular flexibility index (Phi) is 10.1. The highest BCUT2D eigenvalue weighted by molar-refractivity contribution is 7.89. The molecule has 0 radical (unpaired) electrons. The van der Waals surface area contributed by atoms with Crippen LogP contribution in [0.5, 0.6) is 0 Å². The number of Topliss-reactive ketones (excluding diaryl/α,β-unsaturated/α-hetero) is 1. The molecule has 2 atom stereocenters. The fourth-order valence-electron chi connectivity index (χ4n) is 6.02. The van der Waals surface area contributed by atoms with Gasteiger partial charge in [-0.05, 0) is 71.7 Å². The third kappa shape index (κ3) is 7.43. The van der Waals surface area contributed by atoms with E-state index < -0.39 is 27.4 Å². The number of carbonyl (C=O) groups is 1. The zero-order chi connectivity index (χ0) is 33.1. The van der Waals surface area contributed by atoms with Crippen molar-refractivity contribution in [1.82, 2.24) is 24.3 Å². The number of hydrogen-bond acceptors (Lipinski definition) is 7. The predicted octanol–water partition coefficient (Wildman–Crippen LogP) is 6.01. The van der Waals surface area contributed by atoms with E-state index in [9.17, 15) is 17.6 Å². The first kappa shape index (κ1) is 33.6. The van der Waals surface area contributed by atoms with Gasteiger partial charge >= 0.3 is 0 Å². The van der Waals surface area contributed by atoms with E-state index in [4.69, 9.17) is 4.74 Å². The summed E-state index contributed by atoms with van der Waals surface area (Å²) >= 11 is 0. The van der Waals surface area contributed by atoms with Gasteiger partial charge in [0.05, 0.1) is 29.2 Å². The smallest absolute Gasteiger partial charge is 0.243 e. The van der Waals surface area contributed by atoms with E-state index in [1.54, 1.807) is 29.2 Å². The second kappa shape index (κ2) is 13.9. The summed E-state index contributed by atoms with van der Waals surface area (Å²) in [5.74, 6) is -0.570. The number of carbonyl (C=O) groups excluding carboxylic acids is 1. The summed E-state index contributed by atoms with van der Waals surface area (Å²) < 4.78 is 51.7. The van der Waals surface area contributed by atoms with E-state index in [1.165, 1.54) is 10.4 Å². The van der Waals surface area contributed by atoms with Crippen LogP contribution in [0.1, 0.15) is 73.7 Å². The van der Waals surface area contributed by atoms with E-state index in [-0.39, 0.29) is 36.2 Å². The van der Waals surface area contributed by atoms with Crippen LogP contribution >= 0.6 is 0 Å². The third-order valence-electron chi connectivity index (χ3n) is 8.65. The summed E-state index contributed by atoms with van der Waals surface area (Å²) in [6.07, 6.45) is 6.17. The van der Waals surface area contributed by atoms with Gasteiger partial charge in [0.25, 0.3) is 0 Å². The Morgan fingerprint density at radius 1 is 1.17 bits per heavy atom. The van der Waals surface area contributed by atoms with Crippen LogP contribution in [-0.4, -0.2) is 45.0 Å². The zero-order valence-electron chi connectivity index (χ0n) is 27.1. The molecule has 244 valence electrons. The molecular formula is C35H42FN5O4S. The fraction of sp³-hybridized carbons (Fsp3) is 0.429. The number of sulfonamides is 1. The number of ether oxygens (including phenoxy) is 1. The average Bonchev–Trinajstić information content (AvgIpc) is 3.43. The SMILES string of the molecule is CCCn1cc(CO[C@H](c2ccc(C)c(CN3C[C@@H](C)Cc4ccc(F)cc4S3(=O)=O)c2)C(C)(C)C(=O)Cc2cccnc2)nn1. The molecule has 9 nitrogen and oxygen atoms in total. The van der Waals surface area contributed by atoms with Crippen molar-refractivity contribution in [1.29, 1.82) is 0 Å². The van der Waals surface area contributed by atoms with Gasteiger partial charge in [0.15, 0.2) is 0 Å². The zero-order valence-corrected chi connectivity index (χ0v) is 27.9. The number of benzene rings is 2. The molecule has 4 aromatic rings. The van der Waals surface area contributed by atoms with Crippen LogP contribution in [0.15, 0.2) is 72.0 Å². The van der Waals surface area contributed by atoms with Crippen LogP contribution in [0.3, 0.4) is 0 Å². The molecule has 2 aromatic heterocycles. The van der Waals surface area contributed by atoms with Gasteiger partial charge in [0.2, 0.25) is 10.0 Å². The highest BCUT2D eigenvalue weighted by Gasteiger charge is 2.39. The van der Waals surface area contributed by atoms with Crippen LogP contribution in [0.4, 0.5) is 4.39 Å². The number of ketones is 1. The molecule has 1 aliphatic rings. The molecule has 1 aliphatic heterocycles. The van der Waals surface area contributed by atoms with Gasteiger partial charge in [-0.15, -0.1) is 5.10 Å². The van der Waals surface area contributed by atoms with Gasteiger partial charge in [-0.2, -0.15) is 4.31 Å². The summed E-state index contributed by atoms with van der Waals surface area (Å²) in [6, 6.07) is 13.5. The third-order valence-corrected chi connectivity index (χ3v) is 10.5. The molecule has 0 saturated heterocycles. The molecule has 0 unspecified atom stereocenters. The minimum atomic E-state index is -3.96. The van der Waals surface area contributed by atoms with Gasteiger partial charge in [-0.3, -0.25) is 14.5 Å². The Morgan fingerprint density at radius 3 is 2.72 bits per heavy atom. The number of pyridine rings is 1. The molecule has 3 heterocycles. The van der Waals surface area contributed by atoms with Gasteiger partial charge in [-0.25, -0.2) is 12.8 Å². The van der Waals surface area contributed by atoms with E-state index in [0.29, 0.717) is 24.2 Å². The Labute approximate surface area is 270 Å². The summed E-state index contributed by atoms with van der Waals surface area (Å²) in [4.78, 5) is 18.0. The van der Waals surface area contributed by atoms with Gasteiger partial charge < -0.3 is 4.74 Å². The molecule has 0 N–H and O–H groups in total. The molecule has 0 bridgehead atoms. The molecule has 0 saturated carbocycles. The number of halogens is 1. The average molecular weight is 648 g/mol. The van der Waals surface area contributed by atoms with Crippen molar-refractivity contribution in [2.24, 2.45) is 11.3 Å². The summed E-state index contributed by atoms with van der Waals surface area (Å²) in [6.45, 7) is 11.0. The Balaban J connectivity index is 1.48. The number of nitrogens with zero attached hydrogens (tertiary/aromatic N) is 5. The van der Waals surface area contributed by atoms with Crippen LogP contribution in [-0.2, 0) is 52.1 Å². The summed E-state index contributed by atoms with van der Waals surface area (Å²) in [5, 5.41) is 8.43. The highest BCUT2D eigenvalue weighted by atomic mass is 32.2. The van der Waals surface area contributed by atoms with Crippen molar-refractivity contribution in [2.45, 2.75) is 84.6 Å². The van der Waals surface area contributed by atoms with Crippen LogP contribution < -0.4 is 0 Å². The Bertz CT molecular complexity index is 1790. The number of aryl methyl sites for hydroxylation is 2. The molecule has 0 fully saturated rings. The number of rotatable bonds is 12. The van der Waals surface area contributed by atoms with Crippen molar-refractivity contribution < 1.29 is 22.3 Å². The lowest BCUT2D eigenvalue weighted by atomic mass is 9.76. The van der Waals surface area contributed by atoms with E-state index in [2.05, 4.69) is 22.2 Å². The highest BCUT2D eigenvalue weighted by Crippen LogP contribution is 2.40. The predicted molar refractivity (Wildman–Crippen MR) is 173 cm³/mol. The number of fused-ring (bicyclic) bond motifs is 1. The maximum atomic E-state index is 14.2. The second-order valence-electron chi connectivity index (χ2n) is 12.9. The number of hydrogen-bond donors (Lipinski definition) is 0. The van der Waals surface area contributed by atoms with Gasteiger partial charge in [-0.1, -0.05) is 63.2 Å². The lowest BCUT2D eigenvalue weighted by Gasteiger charge is -2.34. The van der Waals surface area contributed by atoms with Crippen molar-refractivity contribution in [3.05, 3.63) is 106 Å². The maximum absolute atomic E-state index is 14.2. The number of aromatic nitrogens is 4. The molecule has 11 heteroatoms. The first-order valence-corrected chi connectivity index (χ1v) is 17.1. The van der Waals surface area contributed by atoms with E-state index in [0.717, 1.165) is 41.3 Å². The summed E-state index contributed by atoms with van der Waals surface area (Å²) in [7, 11) is -3.96. The first-order chi connectivity index (χ1) is 21.9. The fourth-order valence-corrected chi connectivity index (χ4v) is 7.80. The van der Waals surface area contributed by atoms with E-state index >= 15 is 0 Å². The van der Waals surface area contributed by atoms with Gasteiger partial charge in [0, 0.05) is 38.4 Å². The lowest BCUT2D eigenvalue weighted by Crippen LogP contribution is -2.35. The normalized spacial score (nSPS) is 17.3. The molecule has 2 aromatic carbocycles. The first-order valence-electron chi connectivity index (χ1n) is 15.7. The molecule has 5 rings (SSSR count). The molecule has 0 spiro atoms. The van der Waals surface area contributed by atoms with E-state index in [1.807, 2.05) is 58.2 Å². The minimum Gasteiger partial charge on any atom is -0.366 e. The topological polar surface area (TPSA) is 107 Å². The van der Waals surface area contributed by atoms with Crippen molar-refractivity contribution in [3.63, 3.8) is 0 Å². The monoisotopic (exact) mass is 647 g/mol. The lowest BCUT2D eigenvalue weighted by molar-refractivity contribution is -0.137. The summed E-state index contributed by atoms with van der Waals surface area (Å²) in [5.41, 5.74) is 3.54. The molecule has 0 amide bonds. The van der Waals surface area contributed by atoms with Crippen molar-refractivity contribution in [3.8, 4) is 0 Å². The Hall–Kier alpha value is -3.80. The van der Waals surface area contributed by atoms with Crippen molar-refractivity contribution in [2.75, 3.05) is 6.54 Å². The second-order valence-corrected chi connectivity index (χ2v) is 14.8. The quantitative estimate of drug-likeness (QED) is 0.185.